The van der Waals surface area contributed by atoms with Gasteiger partial charge in [0.05, 0.1) is 67.7 Å². The number of para-hydroxylation sites is 6. The number of carbonyl (C=O) groups is 1. The molecule has 11 heterocycles. The van der Waals surface area contributed by atoms with Crippen LogP contribution in [0, 0.1) is 11.9 Å². The van der Waals surface area contributed by atoms with Crippen molar-refractivity contribution >= 4 is 119 Å². The van der Waals surface area contributed by atoms with E-state index in [0.29, 0.717) is 50.7 Å². The molecule has 0 bridgehead atoms. The Hall–Kier alpha value is -4.40. The van der Waals surface area contributed by atoms with Gasteiger partial charge in [-0.25, -0.2) is 53.6 Å². The number of nitrogens with zero attached hydrogens (tertiary/aromatic N) is 14. The van der Waals surface area contributed by atoms with E-state index in [1.807, 2.05) is 141 Å². The van der Waals surface area contributed by atoms with Crippen molar-refractivity contribution in [3.8, 4) is 28.3 Å². The van der Waals surface area contributed by atoms with Crippen molar-refractivity contribution in [1.82, 2.24) is 68.3 Å². The molecule has 559 valence electrons. The van der Waals surface area contributed by atoms with Crippen molar-refractivity contribution < 1.29 is 171 Å². The summed E-state index contributed by atoms with van der Waals surface area (Å²) in [6.07, 6.45) is 11.7. The Labute approximate surface area is 726 Å². The van der Waals surface area contributed by atoms with Gasteiger partial charge in [0.15, 0.2) is 0 Å². The minimum atomic E-state index is -1.00. The molecule has 1 radical (unpaired) electrons. The molecule has 0 unspecified atom stereocenters. The molecule has 2 aliphatic heterocycles. The Kier molecular flexibility index (Phi) is 60.5. The molecular weight excluding hydrogens is 1640 g/mol. The van der Waals surface area contributed by atoms with Crippen LogP contribution >= 0.6 is 48.7 Å². The number of rotatable bonds is 9. The molecular formula is C70H95BBrClCuF6IK2N15O5. The molecule has 14 rings (SSSR count). The van der Waals surface area contributed by atoms with Crippen LogP contribution in [-0.4, -0.2) is 155 Å². The fraction of sp³-hybridized carbons (Fsp3) is 0.343. The van der Waals surface area contributed by atoms with Gasteiger partial charge >= 0.3 is 144 Å². The number of alkyl halides is 4. The van der Waals surface area contributed by atoms with Crippen molar-refractivity contribution in [3.63, 3.8) is 0 Å². The number of piperidine rings is 2. The predicted octanol–water partition coefficient (Wildman–Crippen LogP) is 10.6. The van der Waals surface area contributed by atoms with E-state index in [4.69, 9.17) is 17.8 Å². The van der Waals surface area contributed by atoms with E-state index in [1.54, 1.807) is 26.4 Å². The Morgan fingerprint density at radius 2 is 1.00 bits per heavy atom. The number of nitrogens with one attached hydrogen (secondary N) is 1. The van der Waals surface area contributed by atoms with Crippen molar-refractivity contribution in [2.45, 2.75) is 103 Å². The zero-order chi connectivity index (χ0) is 69.6. The van der Waals surface area contributed by atoms with Gasteiger partial charge in [-0.2, -0.15) is 8.78 Å². The number of carbonyl (C=O) groups excluding carboxylic acids is 1. The zero-order valence-electron chi connectivity index (χ0n) is 56.7. The quantitative estimate of drug-likeness (QED) is 0.0200. The average Bonchev–Trinajstić information content (AvgIpc) is 1.65. The van der Waals surface area contributed by atoms with Gasteiger partial charge < -0.3 is 36.4 Å². The predicted molar refractivity (Wildman–Crippen MR) is 409 cm³/mol. The summed E-state index contributed by atoms with van der Waals surface area (Å²) in [5, 5.41) is 19.6. The standard InChI is InChI=1S/C20H18FN5.C15H9FN4.C10H6BrN3.C6H15N.C5H4BFNO2.C5H10FN.2CH3F.CH2O3.6CH4.ClH.Cu.HI.2K.H/c21-15-7-10-25(11-8-15)19-6-5-14(13-22-19)16-9-12-26-18-4-2-1-3-17(18)24-20(26)23-16;16-14-6-5-10(9-17-14)11-7-8-20-13-4-2-1-3-12(13)19-15(20)18-11;11-9-5-6-14-8-4-2-1-3-7(8)12-10(14)13-9;1-4-7(5-2)6-3;7-5-2-1-4(3-8-5)10-6-9;6-5-1-3-7-4-2-5;2*1-2;2-1-4-3;;;;;;;;;;;;/h1-6,9,12-13,15H,7-8,10-11H2;1-9H;1-6H;4-6H2,1-3H3;1-3,9H;5,7H,1-4H2;2*1H3;1,3H;6*1H4;1H;;1H;;;/q;;;;;;;;;;;;;;;;+1;;2*+1;-1/p-2/i;;;;;;2*1D;;;;;;;;;;;;;. The van der Waals surface area contributed by atoms with Crippen LogP contribution in [0.3, 0.4) is 0 Å². The van der Waals surface area contributed by atoms with Gasteiger partial charge in [-0.05, 0) is 165 Å². The number of halogens is 9. The maximum atomic E-state index is 13.3. The van der Waals surface area contributed by atoms with E-state index in [0.717, 1.165) is 104 Å². The van der Waals surface area contributed by atoms with Crippen LogP contribution in [0.1, 0.15) is 95.2 Å². The summed E-state index contributed by atoms with van der Waals surface area (Å²) >= 11 is 9.20. The SMILES string of the molecule is Brc1ccn2c(n1)nc1ccccc12.C.C.C.C.C.C.CCN(CC)CC.Cl.FC1CCN(c2ccc(-c3ccn4c(n3)nc3ccccc34)cn2)CC1.FC1CCNCC1.Fc1ccc(-c2ccn3c(n2)nc2ccccc23)cn1.O=CO[O-].O[B]Oc1ccc(F)nc1.[2H]CF.[2H]CF.[Cu][I].[H-].[K+].[K+]. The third-order valence-corrected chi connectivity index (χ3v) is 14.3. The molecule has 12 aromatic rings. The maximum absolute atomic E-state index is 13.3. The van der Waals surface area contributed by atoms with Gasteiger partial charge in [-0.15, -0.1) is 12.4 Å². The summed E-state index contributed by atoms with van der Waals surface area (Å²) in [5.74, 6) is 2.13. The number of pyridine rings is 3. The van der Waals surface area contributed by atoms with Crippen LogP contribution in [0.2, 0.25) is 0 Å². The first-order valence-electron chi connectivity index (χ1n) is 30.4. The first kappa shape index (κ1) is 103. The Balaban J connectivity index is -0.000000282. The number of benzene rings is 3. The van der Waals surface area contributed by atoms with E-state index in [2.05, 4.69) is 119 Å². The summed E-state index contributed by atoms with van der Waals surface area (Å²) < 4.78 is 92.5. The molecule has 2 aliphatic rings. The number of hydrogen-bond donors (Lipinski definition) is 2. The van der Waals surface area contributed by atoms with E-state index < -0.39 is 38.5 Å². The van der Waals surface area contributed by atoms with Crippen LogP contribution < -0.4 is 123 Å². The molecule has 33 heteroatoms. The van der Waals surface area contributed by atoms with E-state index >= 15 is 0 Å². The fourth-order valence-electron chi connectivity index (χ4n) is 9.22. The summed E-state index contributed by atoms with van der Waals surface area (Å²) in [6, 6.07) is 39.1. The molecule has 0 amide bonds. The third-order valence-electron chi connectivity index (χ3n) is 13.9. The molecule has 0 atom stereocenters. The van der Waals surface area contributed by atoms with Crippen molar-refractivity contribution in [2.75, 3.05) is 65.0 Å². The van der Waals surface area contributed by atoms with Crippen molar-refractivity contribution in [2.24, 2.45) is 0 Å². The molecule has 2 saturated heterocycles. The van der Waals surface area contributed by atoms with E-state index in [-0.39, 0.29) is 168 Å². The molecule has 103 heavy (non-hydrogen) atoms. The summed E-state index contributed by atoms with van der Waals surface area (Å²) in [5.41, 5.74) is 9.22. The first-order valence-corrected chi connectivity index (χ1v) is 32.8. The topological polar surface area (TPSA) is 227 Å². The second-order valence-electron chi connectivity index (χ2n) is 19.4. The Morgan fingerprint density at radius 1 is 0.621 bits per heavy atom. The van der Waals surface area contributed by atoms with Gasteiger partial charge in [0, 0.05) is 55.2 Å². The fourth-order valence-corrected chi connectivity index (χ4v) is 9.50. The smallest absolute Gasteiger partial charge is 1.00 e. The Bertz CT molecular complexity index is 4180. The van der Waals surface area contributed by atoms with Crippen LogP contribution in [0.5, 0.6) is 5.75 Å². The van der Waals surface area contributed by atoms with Crippen molar-refractivity contribution in [1.29, 1.82) is 0 Å². The molecule has 0 aliphatic carbocycles. The first-order chi connectivity index (χ1) is 46.7. The summed E-state index contributed by atoms with van der Waals surface area (Å²) in [4.78, 5) is 54.2. The normalized spacial score (nSPS) is 11.6. The number of imidazole rings is 3. The summed E-state index contributed by atoms with van der Waals surface area (Å²) in [7, 11) is -1.49. The molecule has 2 N–H and O–H groups in total. The second-order valence-corrected chi connectivity index (χ2v) is 20.2. The van der Waals surface area contributed by atoms with Crippen molar-refractivity contribution in [3.05, 3.63) is 181 Å². The third kappa shape index (κ3) is 34.2. The van der Waals surface area contributed by atoms with E-state index in [1.165, 1.54) is 44.2 Å². The number of fused-ring (bicyclic) bond motifs is 9. The molecule has 3 aromatic carbocycles. The zero-order valence-corrected chi connectivity index (χ0v) is 65.4. The number of aromatic nitrogens is 12. The minimum absolute atomic E-state index is 0. The Morgan fingerprint density at radius 3 is 1.34 bits per heavy atom. The maximum Gasteiger partial charge on any atom is 1.00 e. The second kappa shape index (κ2) is 60.6. The van der Waals surface area contributed by atoms with Crippen LogP contribution in [0.4, 0.5) is 32.2 Å². The van der Waals surface area contributed by atoms with Gasteiger partial charge in [0.25, 0.3) is 6.47 Å². The van der Waals surface area contributed by atoms with Crippen LogP contribution in [0.15, 0.2) is 169 Å². The monoisotopic (exact) mass is 1730 g/mol. The molecule has 0 saturated carbocycles. The van der Waals surface area contributed by atoms with Gasteiger partial charge in [-0.3, -0.25) is 26.8 Å². The number of anilines is 1. The average molecular weight is 1740 g/mol. The van der Waals surface area contributed by atoms with E-state index in [9.17, 15) is 26.3 Å². The molecule has 9 aromatic heterocycles. The number of hydrogen-bond acceptors (Lipinski definition) is 17. The van der Waals surface area contributed by atoms with Gasteiger partial charge in [0.1, 0.15) is 28.5 Å². The molecule has 20 nitrogen and oxygen atoms in total. The minimum Gasteiger partial charge on any atom is -1.00 e. The molecule has 2 fully saturated rings. The van der Waals surface area contributed by atoms with Crippen LogP contribution in [-0.2, 0) is 22.4 Å². The molecule has 0 spiro atoms. The van der Waals surface area contributed by atoms with Crippen LogP contribution in [0.25, 0.3) is 72.9 Å². The largest absolute Gasteiger partial charge is 1.00 e. The summed E-state index contributed by atoms with van der Waals surface area (Å²) in [6.45, 7) is 13.1. The van der Waals surface area contributed by atoms with Gasteiger partial charge in [0.2, 0.25) is 29.2 Å². The van der Waals surface area contributed by atoms with Gasteiger partial charge in [-0.1, -0.05) is 102 Å².